The minimum atomic E-state index is -0.589. The fourth-order valence-corrected chi connectivity index (χ4v) is 0.763. The first-order chi connectivity index (χ1) is 7.07. The van der Waals surface area contributed by atoms with E-state index in [1.165, 1.54) is 0 Å². The van der Waals surface area contributed by atoms with Crippen LogP contribution in [0.1, 0.15) is 34.1 Å². The molecule has 5 nitrogen and oxygen atoms in total. The molecule has 0 aliphatic rings. The van der Waals surface area contributed by atoms with Crippen LogP contribution in [0.15, 0.2) is 0 Å². The molecule has 0 heterocycles. The molecule has 4 N–H and O–H groups in total. The van der Waals surface area contributed by atoms with Gasteiger partial charge in [-0.15, -0.1) is 0 Å². The summed E-state index contributed by atoms with van der Waals surface area (Å²) in [5.74, 6) is -0.677. The fourth-order valence-electron chi connectivity index (χ4n) is 0.763. The minimum Gasteiger partial charge on any atom is -0.368 e. The Hall–Kier alpha value is -1.10. The SMILES string of the molecule is CC.CCNCCC(=O)NC(C)C(N)=O. The van der Waals surface area contributed by atoms with Gasteiger partial charge in [-0.1, -0.05) is 20.8 Å². The van der Waals surface area contributed by atoms with Crippen molar-refractivity contribution in [3.05, 3.63) is 0 Å². The van der Waals surface area contributed by atoms with Crippen molar-refractivity contribution in [2.45, 2.75) is 40.2 Å². The molecule has 15 heavy (non-hydrogen) atoms. The lowest BCUT2D eigenvalue weighted by Crippen LogP contribution is -2.42. The van der Waals surface area contributed by atoms with Crippen LogP contribution < -0.4 is 16.4 Å². The smallest absolute Gasteiger partial charge is 0.239 e. The number of carbonyl (C=O) groups excluding carboxylic acids is 2. The molecular formula is C10H23N3O2. The molecule has 0 radical (unpaired) electrons. The van der Waals surface area contributed by atoms with Gasteiger partial charge in [0, 0.05) is 13.0 Å². The first-order valence-electron chi connectivity index (χ1n) is 5.37. The van der Waals surface area contributed by atoms with E-state index in [0.717, 1.165) is 6.54 Å². The van der Waals surface area contributed by atoms with Gasteiger partial charge in [0.2, 0.25) is 11.8 Å². The zero-order valence-corrected chi connectivity index (χ0v) is 10.1. The predicted octanol–water partition coefficient (Wildman–Crippen LogP) is 0.00220. The molecular weight excluding hydrogens is 194 g/mol. The third-order valence-electron chi connectivity index (χ3n) is 1.58. The molecule has 1 atom stereocenters. The Bertz CT molecular complexity index is 184. The quantitative estimate of drug-likeness (QED) is 0.548. The fraction of sp³-hybridized carbons (Fsp3) is 0.800. The van der Waals surface area contributed by atoms with Crippen molar-refractivity contribution >= 4 is 11.8 Å². The number of hydrogen-bond donors (Lipinski definition) is 3. The summed E-state index contributed by atoms with van der Waals surface area (Å²) in [5, 5.41) is 5.49. The molecule has 5 heteroatoms. The van der Waals surface area contributed by atoms with Crippen molar-refractivity contribution < 1.29 is 9.59 Å². The molecule has 0 bridgehead atoms. The van der Waals surface area contributed by atoms with Gasteiger partial charge in [0.05, 0.1) is 0 Å². The summed E-state index contributed by atoms with van der Waals surface area (Å²) in [6, 6.07) is -0.589. The second-order valence-electron chi connectivity index (χ2n) is 2.80. The van der Waals surface area contributed by atoms with Gasteiger partial charge in [-0.25, -0.2) is 0 Å². The van der Waals surface area contributed by atoms with Crippen molar-refractivity contribution in [3.63, 3.8) is 0 Å². The molecule has 0 rings (SSSR count). The molecule has 0 fully saturated rings. The largest absolute Gasteiger partial charge is 0.368 e. The average Bonchev–Trinajstić information content (AvgIpc) is 2.21. The summed E-state index contributed by atoms with van der Waals surface area (Å²) in [5.41, 5.74) is 4.97. The molecule has 0 aromatic rings. The monoisotopic (exact) mass is 217 g/mol. The van der Waals surface area contributed by atoms with Crippen molar-refractivity contribution in [1.82, 2.24) is 10.6 Å². The van der Waals surface area contributed by atoms with Gasteiger partial charge in [0.15, 0.2) is 0 Å². The second kappa shape index (κ2) is 11.0. The number of carbonyl (C=O) groups is 2. The first-order valence-corrected chi connectivity index (χ1v) is 5.37. The van der Waals surface area contributed by atoms with Crippen LogP contribution in [0.25, 0.3) is 0 Å². The lowest BCUT2D eigenvalue weighted by Gasteiger charge is -2.09. The zero-order chi connectivity index (χ0) is 12.3. The summed E-state index contributed by atoms with van der Waals surface area (Å²) in [7, 11) is 0. The summed E-state index contributed by atoms with van der Waals surface area (Å²) < 4.78 is 0. The Labute approximate surface area is 91.8 Å². The van der Waals surface area contributed by atoms with Gasteiger partial charge >= 0.3 is 0 Å². The van der Waals surface area contributed by atoms with Gasteiger partial charge in [-0.05, 0) is 13.5 Å². The van der Waals surface area contributed by atoms with Crippen LogP contribution in [0.2, 0.25) is 0 Å². The number of rotatable bonds is 6. The second-order valence-corrected chi connectivity index (χ2v) is 2.80. The van der Waals surface area contributed by atoms with Gasteiger partial charge in [-0.2, -0.15) is 0 Å². The summed E-state index contributed by atoms with van der Waals surface area (Å²) >= 11 is 0. The van der Waals surface area contributed by atoms with Crippen molar-refractivity contribution in [3.8, 4) is 0 Å². The van der Waals surface area contributed by atoms with E-state index in [1.54, 1.807) is 6.92 Å². The Morgan fingerprint density at radius 2 is 1.87 bits per heavy atom. The molecule has 0 saturated heterocycles. The lowest BCUT2D eigenvalue weighted by atomic mass is 10.3. The highest BCUT2D eigenvalue weighted by atomic mass is 16.2. The third kappa shape index (κ3) is 10.8. The summed E-state index contributed by atoms with van der Waals surface area (Å²) in [6.07, 6.45) is 0.367. The highest BCUT2D eigenvalue weighted by Crippen LogP contribution is 1.82. The van der Waals surface area contributed by atoms with E-state index in [-0.39, 0.29) is 5.91 Å². The molecule has 0 saturated carbocycles. The Morgan fingerprint density at radius 1 is 1.33 bits per heavy atom. The zero-order valence-electron chi connectivity index (χ0n) is 10.1. The van der Waals surface area contributed by atoms with Crippen LogP contribution in [0, 0.1) is 0 Å². The standard InChI is InChI=1S/C8H17N3O2.C2H6/c1-3-10-5-4-7(12)11-6(2)8(9)13;1-2/h6,10H,3-5H2,1-2H3,(H2,9,13)(H,11,12);1-2H3. The minimum absolute atomic E-state index is 0.160. The average molecular weight is 217 g/mol. The topological polar surface area (TPSA) is 84.2 Å². The number of primary amides is 1. The van der Waals surface area contributed by atoms with E-state index in [2.05, 4.69) is 10.6 Å². The number of nitrogens with two attached hydrogens (primary N) is 1. The Morgan fingerprint density at radius 3 is 2.27 bits per heavy atom. The van der Waals surface area contributed by atoms with E-state index in [1.807, 2.05) is 20.8 Å². The first kappa shape index (κ1) is 16.3. The van der Waals surface area contributed by atoms with Gasteiger partial charge in [0.1, 0.15) is 6.04 Å². The Balaban J connectivity index is 0. The van der Waals surface area contributed by atoms with Crippen LogP contribution in [0.3, 0.4) is 0 Å². The third-order valence-corrected chi connectivity index (χ3v) is 1.58. The van der Waals surface area contributed by atoms with Crippen LogP contribution in [0.4, 0.5) is 0 Å². The van der Waals surface area contributed by atoms with Gasteiger partial charge in [-0.3, -0.25) is 9.59 Å². The van der Waals surface area contributed by atoms with E-state index >= 15 is 0 Å². The molecule has 0 aromatic carbocycles. The van der Waals surface area contributed by atoms with Crippen molar-refractivity contribution in [2.75, 3.05) is 13.1 Å². The van der Waals surface area contributed by atoms with E-state index in [4.69, 9.17) is 5.73 Å². The van der Waals surface area contributed by atoms with E-state index in [9.17, 15) is 9.59 Å². The Kier molecular flexibility index (Phi) is 12.0. The maximum Gasteiger partial charge on any atom is 0.239 e. The van der Waals surface area contributed by atoms with Crippen LogP contribution in [-0.4, -0.2) is 30.9 Å². The molecule has 1 unspecified atom stereocenters. The maximum atomic E-state index is 11.1. The molecule has 2 amide bonds. The number of nitrogens with one attached hydrogen (secondary N) is 2. The van der Waals surface area contributed by atoms with Crippen LogP contribution >= 0.6 is 0 Å². The van der Waals surface area contributed by atoms with E-state index in [0.29, 0.717) is 13.0 Å². The molecule has 0 aliphatic carbocycles. The molecule has 0 spiro atoms. The predicted molar refractivity (Wildman–Crippen MR) is 61.3 cm³/mol. The highest BCUT2D eigenvalue weighted by molar-refractivity contribution is 5.86. The molecule has 0 aromatic heterocycles. The van der Waals surface area contributed by atoms with Crippen molar-refractivity contribution in [2.24, 2.45) is 5.73 Å². The normalized spacial score (nSPS) is 10.9. The van der Waals surface area contributed by atoms with E-state index < -0.39 is 11.9 Å². The van der Waals surface area contributed by atoms with Crippen molar-refractivity contribution in [1.29, 1.82) is 0 Å². The van der Waals surface area contributed by atoms with Crippen LogP contribution in [-0.2, 0) is 9.59 Å². The summed E-state index contributed by atoms with van der Waals surface area (Å²) in [4.78, 5) is 21.6. The number of hydrogen-bond acceptors (Lipinski definition) is 3. The summed E-state index contributed by atoms with van der Waals surface area (Å²) in [6.45, 7) is 8.98. The highest BCUT2D eigenvalue weighted by Gasteiger charge is 2.10. The lowest BCUT2D eigenvalue weighted by molar-refractivity contribution is -0.126. The maximum absolute atomic E-state index is 11.1. The number of amides is 2. The van der Waals surface area contributed by atoms with Crippen LogP contribution in [0.5, 0.6) is 0 Å². The van der Waals surface area contributed by atoms with Gasteiger partial charge < -0.3 is 16.4 Å². The molecule has 90 valence electrons. The molecule has 0 aliphatic heterocycles. The van der Waals surface area contributed by atoms with Gasteiger partial charge in [0.25, 0.3) is 0 Å².